The topological polar surface area (TPSA) is 67.6 Å². The van der Waals surface area contributed by atoms with Gasteiger partial charge in [-0.1, -0.05) is 37.6 Å². The van der Waals surface area contributed by atoms with Crippen molar-refractivity contribution in [2.75, 3.05) is 13.1 Å². The maximum Gasteiger partial charge on any atom is 0.328 e. The molecule has 33 heavy (non-hydrogen) atoms. The highest BCUT2D eigenvalue weighted by atomic mass is 16.1. The van der Waals surface area contributed by atoms with Crippen LogP contribution in [0.4, 0.5) is 0 Å². The van der Waals surface area contributed by atoms with Crippen LogP contribution in [0.25, 0.3) is 33.7 Å². The monoisotopic (exact) mass is 443 g/mol. The molecular weight excluding hydrogens is 410 g/mol. The van der Waals surface area contributed by atoms with Crippen LogP contribution in [-0.4, -0.2) is 32.2 Å². The van der Waals surface area contributed by atoms with Crippen LogP contribution in [-0.2, 0) is 13.6 Å². The van der Waals surface area contributed by atoms with Gasteiger partial charge in [0, 0.05) is 24.7 Å². The predicted molar refractivity (Wildman–Crippen MR) is 135 cm³/mol. The zero-order valence-electron chi connectivity index (χ0n) is 20.0. The molecular formula is C27H33N5O. The van der Waals surface area contributed by atoms with E-state index < -0.39 is 0 Å². The van der Waals surface area contributed by atoms with Crippen molar-refractivity contribution in [3.05, 3.63) is 64.2 Å². The van der Waals surface area contributed by atoms with Gasteiger partial charge in [0.25, 0.3) is 0 Å². The number of imidazole rings is 2. The molecule has 2 aromatic carbocycles. The molecule has 0 saturated carbocycles. The first-order valence-corrected chi connectivity index (χ1v) is 12.0. The first-order chi connectivity index (χ1) is 15.9. The van der Waals surface area contributed by atoms with Crippen molar-refractivity contribution in [1.82, 2.24) is 24.4 Å². The number of rotatable bonds is 5. The van der Waals surface area contributed by atoms with Crippen molar-refractivity contribution in [3.8, 4) is 22.6 Å². The molecule has 1 saturated heterocycles. The Balaban J connectivity index is 1.54. The summed E-state index contributed by atoms with van der Waals surface area (Å²) in [5, 5.41) is 3.47. The zero-order valence-corrected chi connectivity index (χ0v) is 20.0. The lowest BCUT2D eigenvalue weighted by molar-refractivity contribution is 0.461. The van der Waals surface area contributed by atoms with Crippen molar-refractivity contribution in [3.63, 3.8) is 0 Å². The molecule has 2 N–H and O–H groups in total. The van der Waals surface area contributed by atoms with E-state index in [0.29, 0.717) is 11.8 Å². The minimum Gasteiger partial charge on any atom is -0.338 e. The maximum absolute atomic E-state index is 12.8. The van der Waals surface area contributed by atoms with Gasteiger partial charge in [-0.2, -0.15) is 0 Å². The van der Waals surface area contributed by atoms with Crippen LogP contribution in [0.5, 0.6) is 0 Å². The van der Waals surface area contributed by atoms with E-state index in [-0.39, 0.29) is 5.69 Å². The van der Waals surface area contributed by atoms with Gasteiger partial charge in [0.2, 0.25) is 0 Å². The van der Waals surface area contributed by atoms with Gasteiger partial charge in [-0.15, -0.1) is 0 Å². The van der Waals surface area contributed by atoms with Crippen LogP contribution < -0.4 is 11.0 Å². The van der Waals surface area contributed by atoms with E-state index in [1.807, 2.05) is 17.8 Å². The number of hydrogen-bond acceptors (Lipinski definition) is 3. The lowest BCUT2D eigenvalue weighted by Gasteiger charge is -2.25. The molecule has 2 aromatic heterocycles. The first kappa shape index (κ1) is 21.7. The molecule has 0 unspecified atom stereocenters. The van der Waals surface area contributed by atoms with E-state index in [4.69, 9.17) is 4.98 Å². The number of benzene rings is 2. The number of hydrogen-bond donors (Lipinski definition) is 2. The summed E-state index contributed by atoms with van der Waals surface area (Å²) in [5.74, 6) is 1.88. The van der Waals surface area contributed by atoms with Crippen molar-refractivity contribution in [2.24, 2.45) is 13.0 Å². The van der Waals surface area contributed by atoms with E-state index in [0.717, 1.165) is 60.6 Å². The largest absolute Gasteiger partial charge is 0.338 e. The van der Waals surface area contributed by atoms with Gasteiger partial charge in [-0.25, -0.2) is 9.78 Å². The molecule has 1 aliphatic heterocycles. The fourth-order valence-electron chi connectivity index (χ4n) is 5.09. The molecule has 0 radical (unpaired) electrons. The summed E-state index contributed by atoms with van der Waals surface area (Å²) in [5.41, 5.74) is 7.78. The Morgan fingerprint density at radius 1 is 1.09 bits per heavy atom. The Hall–Kier alpha value is -3.12. The molecule has 1 aliphatic rings. The number of aromatic nitrogens is 4. The Bertz CT molecular complexity index is 1350. The maximum atomic E-state index is 12.8. The molecule has 5 rings (SSSR count). The third-order valence-electron chi connectivity index (χ3n) is 6.82. The Labute approximate surface area is 194 Å². The fourth-order valence-corrected chi connectivity index (χ4v) is 5.09. The van der Waals surface area contributed by atoms with Gasteiger partial charge in [0.15, 0.2) is 0 Å². The molecule has 0 amide bonds. The molecule has 4 aromatic rings. The van der Waals surface area contributed by atoms with Crippen LogP contribution >= 0.6 is 0 Å². The summed E-state index contributed by atoms with van der Waals surface area (Å²) >= 11 is 0. The standard InChI is InChI=1S/C27H33N5O/c1-17(2)16-32-24-8-6-20(14-25(24)31(4)27(32)33)23-15-29-26(30-23)22-13-18(3)5-7-21(22)19-9-11-28-12-10-19/h5-8,13-15,17,19,28H,9-12,16H2,1-4H3,(H,29,30). The van der Waals surface area contributed by atoms with Gasteiger partial charge in [0.1, 0.15) is 5.82 Å². The molecule has 172 valence electrons. The number of nitrogens with zero attached hydrogens (tertiary/aromatic N) is 3. The molecule has 6 heteroatoms. The fraction of sp³-hybridized carbons (Fsp3) is 0.407. The van der Waals surface area contributed by atoms with Gasteiger partial charge >= 0.3 is 5.69 Å². The third kappa shape index (κ3) is 4.04. The summed E-state index contributed by atoms with van der Waals surface area (Å²) in [6.45, 7) is 9.25. The Kier molecular flexibility index (Phi) is 5.71. The molecule has 6 nitrogen and oxygen atoms in total. The minimum absolute atomic E-state index is 0.0347. The van der Waals surface area contributed by atoms with Gasteiger partial charge in [0.05, 0.1) is 22.9 Å². The number of piperidine rings is 1. The van der Waals surface area contributed by atoms with Crippen LogP contribution in [0.2, 0.25) is 0 Å². The Morgan fingerprint density at radius 3 is 2.64 bits per heavy atom. The zero-order chi connectivity index (χ0) is 23.1. The van der Waals surface area contributed by atoms with Crippen molar-refractivity contribution < 1.29 is 0 Å². The number of nitrogens with one attached hydrogen (secondary N) is 2. The van der Waals surface area contributed by atoms with Gasteiger partial charge < -0.3 is 10.3 Å². The molecule has 0 bridgehead atoms. The number of H-pyrrole nitrogens is 1. The Morgan fingerprint density at radius 2 is 1.88 bits per heavy atom. The average molecular weight is 444 g/mol. The summed E-state index contributed by atoms with van der Waals surface area (Å²) in [6, 6.07) is 13.0. The highest BCUT2D eigenvalue weighted by molar-refractivity contribution is 5.82. The smallest absolute Gasteiger partial charge is 0.328 e. The molecule has 1 fully saturated rings. The molecule has 0 spiro atoms. The second-order valence-electron chi connectivity index (χ2n) is 9.81. The van der Waals surface area contributed by atoms with E-state index in [2.05, 4.69) is 67.5 Å². The van der Waals surface area contributed by atoms with E-state index >= 15 is 0 Å². The summed E-state index contributed by atoms with van der Waals surface area (Å²) in [4.78, 5) is 21.1. The minimum atomic E-state index is 0.0347. The van der Waals surface area contributed by atoms with Crippen molar-refractivity contribution in [2.45, 2.75) is 46.1 Å². The van der Waals surface area contributed by atoms with E-state index in [9.17, 15) is 4.79 Å². The summed E-state index contributed by atoms with van der Waals surface area (Å²) in [7, 11) is 1.85. The van der Waals surface area contributed by atoms with E-state index in [1.54, 1.807) is 4.57 Å². The normalized spacial score (nSPS) is 15.1. The van der Waals surface area contributed by atoms with Crippen molar-refractivity contribution in [1.29, 1.82) is 0 Å². The number of aryl methyl sites for hydroxylation is 2. The lowest BCUT2D eigenvalue weighted by atomic mass is 9.86. The third-order valence-corrected chi connectivity index (χ3v) is 6.82. The number of fused-ring (bicyclic) bond motifs is 1. The van der Waals surface area contributed by atoms with Crippen LogP contribution in [0, 0.1) is 12.8 Å². The quantitative estimate of drug-likeness (QED) is 0.464. The van der Waals surface area contributed by atoms with Crippen LogP contribution in [0.15, 0.2) is 47.4 Å². The molecule has 0 atom stereocenters. The lowest BCUT2D eigenvalue weighted by Crippen LogP contribution is -2.26. The second kappa shape index (κ2) is 8.67. The summed E-state index contributed by atoms with van der Waals surface area (Å²) < 4.78 is 3.62. The van der Waals surface area contributed by atoms with Crippen LogP contribution in [0.1, 0.15) is 43.7 Å². The second-order valence-corrected chi connectivity index (χ2v) is 9.81. The van der Waals surface area contributed by atoms with Gasteiger partial charge in [-0.3, -0.25) is 9.13 Å². The SMILES string of the molecule is Cc1ccc(C2CCNCC2)c(-c2ncc(-c3ccc4c(c3)n(C)c(=O)n4CC(C)C)[nH]2)c1. The van der Waals surface area contributed by atoms with E-state index in [1.165, 1.54) is 16.7 Å². The highest BCUT2D eigenvalue weighted by Gasteiger charge is 2.21. The predicted octanol–water partition coefficient (Wildman–Crippen LogP) is 4.83. The molecule has 3 heterocycles. The first-order valence-electron chi connectivity index (χ1n) is 12.0. The molecule has 0 aliphatic carbocycles. The summed E-state index contributed by atoms with van der Waals surface area (Å²) in [6.07, 6.45) is 4.22. The van der Waals surface area contributed by atoms with Crippen LogP contribution in [0.3, 0.4) is 0 Å². The van der Waals surface area contributed by atoms with Crippen molar-refractivity contribution >= 4 is 11.0 Å². The van der Waals surface area contributed by atoms with Gasteiger partial charge in [-0.05, 0) is 68.5 Å². The number of aromatic amines is 1. The average Bonchev–Trinajstić information content (AvgIpc) is 3.39. The highest BCUT2D eigenvalue weighted by Crippen LogP contribution is 2.34.